The average Bonchev–Trinajstić information content (AvgIpc) is 3.18. The predicted octanol–water partition coefficient (Wildman–Crippen LogP) is 3.07. The number of carbonyl (C=O) groups is 1. The Bertz CT molecular complexity index is 883. The first kappa shape index (κ1) is 19.9. The number of anilines is 1. The van der Waals surface area contributed by atoms with Crippen LogP contribution >= 0.6 is 0 Å². The Kier molecular flexibility index (Phi) is 5.58. The lowest BCUT2D eigenvalue weighted by molar-refractivity contribution is 0.0994. The highest BCUT2D eigenvalue weighted by atomic mass is 16.1. The van der Waals surface area contributed by atoms with Gasteiger partial charge in [0, 0.05) is 44.1 Å². The number of nitrogens with two attached hydrogens (primary N) is 1. The fourth-order valence-electron chi connectivity index (χ4n) is 4.70. The van der Waals surface area contributed by atoms with Crippen LogP contribution in [0.25, 0.3) is 0 Å². The molecule has 0 saturated carbocycles. The van der Waals surface area contributed by atoms with Crippen LogP contribution in [-0.4, -0.2) is 45.2 Å². The molecule has 0 spiro atoms. The summed E-state index contributed by atoms with van der Waals surface area (Å²) in [4.78, 5) is 21.6. The number of rotatable bonds is 5. The molecule has 0 radical (unpaired) electrons. The van der Waals surface area contributed by atoms with Gasteiger partial charge < -0.3 is 10.6 Å². The molecule has 1 atom stereocenters. The van der Waals surface area contributed by atoms with Gasteiger partial charge in [-0.05, 0) is 64.2 Å². The molecule has 0 bridgehead atoms. The Hall–Kier alpha value is -2.41. The van der Waals surface area contributed by atoms with Crippen LogP contribution in [0.4, 0.5) is 5.69 Å². The lowest BCUT2D eigenvalue weighted by Crippen LogP contribution is -2.38. The maximum Gasteiger partial charge on any atom is 0.267 e. The van der Waals surface area contributed by atoms with E-state index in [1.54, 1.807) is 0 Å². The summed E-state index contributed by atoms with van der Waals surface area (Å²) in [5, 5.41) is 4.47. The van der Waals surface area contributed by atoms with E-state index in [0.717, 1.165) is 38.3 Å². The van der Waals surface area contributed by atoms with Crippen LogP contribution in [0, 0.1) is 0 Å². The first-order valence-electron chi connectivity index (χ1n) is 10.8. The van der Waals surface area contributed by atoms with Crippen LogP contribution in [0.2, 0.25) is 0 Å². The molecule has 156 valence electrons. The molecule has 2 aliphatic heterocycles. The van der Waals surface area contributed by atoms with Crippen LogP contribution in [0.5, 0.6) is 0 Å². The Morgan fingerprint density at radius 1 is 1.24 bits per heavy atom. The number of piperidine rings is 1. The second-order valence-corrected chi connectivity index (χ2v) is 8.56. The number of nitrogens with zero attached hydrogens (tertiary/aromatic N) is 5. The molecular weight excluding hydrogens is 364 g/mol. The zero-order valence-electron chi connectivity index (χ0n) is 17.8. The van der Waals surface area contributed by atoms with Gasteiger partial charge in [0.15, 0.2) is 0 Å². The van der Waals surface area contributed by atoms with Crippen LogP contribution in [0.1, 0.15) is 79.6 Å². The lowest BCUT2D eigenvalue weighted by atomic mass is 9.94. The van der Waals surface area contributed by atoms with E-state index in [0.29, 0.717) is 11.7 Å². The van der Waals surface area contributed by atoms with Crippen molar-refractivity contribution in [3.63, 3.8) is 0 Å². The average molecular weight is 397 g/mol. The van der Waals surface area contributed by atoms with Crippen molar-refractivity contribution in [1.29, 1.82) is 0 Å². The third kappa shape index (κ3) is 3.88. The van der Waals surface area contributed by atoms with E-state index >= 15 is 0 Å². The summed E-state index contributed by atoms with van der Waals surface area (Å²) in [7, 11) is 0. The van der Waals surface area contributed by atoms with Gasteiger partial charge in [-0.1, -0.05) is 0 Å². The minimum absolute atomic E-state index is 0.122. The summed E-state index contributed by atoms with van der Waals surface area (Å²) in [5.41, 5.74) is 10.7. The molecule has 2 aliphatic rings. The summed E-state index contributed by atoms with van der Waals surface area (Å²) in [6.45, 7) is 10.4. The van der Waals surface area contributed by atoms with E-state index in [9.17, 15) is 4.79 Å². The second-order valence-electron chi connectivity index (χ2n) is 8.56. The van der Waals surface area contributed by atoms with Crippen molar-refractivity contribution in [3.05, 3.63) is 41.0 Å². The molecule has 7 nitrogen and oxygen atoms in total. The molecule has 0 aromatic carbocycles. The van der Waals surface area contributed by atoms with Crippen LogP contribution < -0.4 is 10.6 Å². The Balaban J connectivity index is 1.67. The van der Waals surface area contributed by atoms with E-state index in [1.807, 2.05) is 12.3 Å². The topological polar surface area (TPSA) is 80.3 Å². The van der Waals surface area contributed by atoms with E-state index < -0.39 is 5.91 Å². The number of aromatic nitrogens is 3. The fourth-order valence-corrected chi connectivity index (χ4v) is 4.70. The van der Waals surface area contributed by atoms with Crippen molar-refractivity contribution >= 4 is 11.6 Å². The SMILES string of the molecule is CC1c2nc(C(N)=O)cc(N3CCCCC3)c2CCN1Cc1ccnn1C(C)C. The first-order valence-corrected chi connectivity index (χ1v) is 10.8. The zero-order valence-corrected chi connectivity index (χ0v) is 17.8. The molecule has 4 heterocycles. The summed E-state index contributed by atoms with van der Waals surface area (Å²) in [6, 6.07) is 4.46. The van der Waals surface area contributed by atoms with Gasteiger partial charge in [0.1, 0.15) is 5.69 Å². The number of hydrogen-bond donors (Lipinski definition) is 1. The Morgan fingerprint density at radius 3 is 2.69 bits per heavy atom. The van der Waals surface area contributed by atoms with Crippen molar-refractivity contribution in [2.75, 3.05) is 24.5 Å². The van der Waals surface area contributed by atoms with E-state index in [4.69, 9.17) is 10.7 Å². The molecule has 2 aromatic rings. The van der Waals surface area contributed by atoms with Gasteiger partial charge in [0.25, 0.3) is 5.91 Å². The van der Waals surface area contributed by atoms with E-state index in [1.165, 1.54) is 36.2 Å². The molecule has 7 heteroatoms. The summed E-state index contributed by atoms with van der Waals surface area (Å²) < 4.78 is 2.08. The fraction of sp³-hybridized carbons (Fsp3) is 0.591. The highest BCUT2D eigenvalue weighted by Gasteiger charge is 2.31. The normalized spacial score (nSPS) is 20.1. The van der Waals surface area contributed by atoms with Crippen LogP contribution in [0.3, 0.4) is 0 Å². The largest absolute Gasteiger partial charge is 0.371 e. The molecule has 1 saturated heterocycles. The van der Waals surface area contributed by atoms with Crippen molar-refractivity contribution in [1.82, 2.24) is 19.7 Å². The van der Waals surface area contributed by atoms with Crippen LogP contribution in [-0.2, 0) is 13.0 Å². The highest BCUT2D eigenvalue weighted by Crippen LogP contribution is 2.36. The van der Waals surface area contributed by atoms with Gasteiger partial charge in [-0.15, -0.1) is 0 Å². The molecule has 1 unspecified atom stereocenters. The number of fused-ring (bicyclic) bond motifs is 1. The predicted molar refractivity (Wildman–Crippen MR) is 114 cm³/mol. The van der Waals surface area contributed by atoms with Gasteiger partial charge in [-0.3, -0.25) is 14.4 Å². The number of primary amides is 1. The second kappa shape index (κ2) is 8.14. The Morgan fingerprint density at radius 2 is 2.00 bits per heavy atom. The molecule has 29 heavy (non-hydrogen) atoms. The van der Waals surface area contributed by atoms with Gasteiger partial charge in [0.2, 0.25) is 0 Å². The van der Waals surface area contributed by atoms with Gasteiger partial charge in [-0.2, -0.15) is 5.10 Å². The van der Waals surface area contributed by atoms with Crippen molar-refractivity contribution < 1.29 is 4.79 Å². The lowest BCUT2D eigenvalue weighted by Gasteiger charge is -2.38. The van der Waals surface area contributed by atoms with Crippen molar-refractivity contribution in [2.24, 2.45) is 5.73 Å². The van der Waals surface area contributed by atoms with E-state index in [-0.39, 0.29) is 6.04 Å². The summed E-state index contributed by atoms with van der Waals surface area (Å²) in [6.07, 6.45) is 6.48. The molecule has 0 aliphatic carbocycles. The third-order valence-electron chi connectivity index (χ3n) is 6.28. The number of pyridine rings is 1. The van der Waals surface area contributed by atoms with Crippen molar-refractivity contribution in [3.8, 4) is 0 Å². The van der Waals surface area contributed by atoms with E-state index in [2.05, 4.69) is 46.4 Å². The quantitative estimate of drug-likeness (QED) is 0.840. The number of carbonyl (C=O) groups excluding carboxylic acids is 1. The zero-order chi connectivity index (χ0) is 20.5. The summed E-state index contributed by atoms with van der Waals surface area (Å²) >= 11 is 0. The minimum Gasteiger partial charge on any atom is -0.371 e. The number of amides is 1. The smallest absolute Gasteiger partial charge is 0.267 e. The third-order valence-corrected chi connectivity index (χ3v) is 6.28. The Labute approximate surface area is 172 Å². The molecule has 2 N–H and O–H groups in total. The molecule has 4 rings (SSSR count). The molecule has 1 fully saturated rings. The van der Waals surface area contributed by atoms with Crippen LogP contribution in [0.15, 0.2) is 18.3 Å². The van der Waals surface area contributed by atoms with Gasteiger partial charge in [-0.25, -0.2) is 4.98 Å². The maximum atomic E-state index is 12.0. The standard InChI is InChI=1S/C22H32N6O/c1-15(2)28-17(7-9-24-28)14-27-12-8-18-20(26-10-5-4-6-11-26)13-19(22(23)29)25-21(18)16(27)3/h7,9,13,15-16H,4-6,8,10-12,14H2,1-3H3,(H2,23,29). The minimum atomic E-state index is -0.451. The molecular formula is C22H32N6O. The monoisotopic (exact) mass is 396 g/mol. The molecule has 1 amide bonds. The van der Waals surface area contributed by atoms with Gasteiger partial charge >= 0.3 is 0 Å². The van der Waals surface area contributed by atoms with Crippen molar-refractivity contribution in [2.45, 2.75) is 65.1 Å². The van der Waals surface area contributed by atoms with Gasteiger partial charge in [0.05, 0.1) is 17.4 Å². The maximum absolute atomic E-state index is 12.0. The molecule has 2 aromatic heterocycles. The summed E-state index contributed by atoms with van der Waals surface area (Å²) in [5.74, 6) is -0.451. The first-order chi connectivity index (χ1) is 14.0. The number of hydrogen-bond acceptors (Lipinski definition) is 5. The highest BCUT2D eigenvalue weighted by molar-refractivity contribution is 5.92.